The molecule has 0 spiro atoms. The van der Waals surface area contributed by atoms with E-state index in [2.05, 4.69) is 15.3 Å². The number of halogens is 1. The number of rotatable bonds is 6. The molecule has 0 unspecified atom stereocenters. The second-order valence-electron chi connectivity index (χ2n) is 7.09. The number of aromatic nitrogens is 2. The van der Waals surface area contributed by atoms with E-state index < -0.39 is 5.82 Å². The topological polar surface area (TPSA) is 75.2 Å². The molecule has 2 aromatic heterocycles. The first kappa shape index (κ1) is 22.5. The average molecular weight is 479 g/mol. The first-order valence-corrected chi connectivity index (χ1v) is 11.7. The fourth-order valence-corrected chi connectivity index (χ4v) is 4.56. The van der Waals surface area contributed by atoms with Gasteiger partial charge in [-0.05, 0) is 25.1 Å². The molecule has 33 heavy (non-hydrogen) atoms. The molecule has 166 valence electrons. The third kappa shape index (κ3) is 5.39. The monoisotopic (exact) mass is 478 g/mol. The van der Waals surface area contributed by atoms with Gasteiger partial charge in [0.2, 0.25) is 11.8 Å². The summed E-state index contributed by atoms with van der Waals surface area (Å²) in [5, 5.41) is 7.11. The van der Waals surface area contributed by atoms with Crippen LogP contribution in [0.3, 0.4) is 0 Å². The second-order valence-corrected chi connectivity index (χ2v) is 8.78. The second kappa shape index (κ2) is 9.85. The number of amides is 2. The van der Waals surface area contributed by atoms with E-state index >= 15 is 0 Å². The van der Waals surface area contributed by atoms with Crippen molar-refractivity contribution in [3.63, 3.8) is 0 Å². The summed E-state index contributed by atoms with van der Waals surface area (Å²) in [5.74, 6) is -1.24. The largest absolute Gasteiger partial charge is 0.298 e. The Kier molecular flexibility index (Phi) is 6.71. The van der Waals surface area contributed by atoms with Crippen molar-refractivity contribution in [3.8, 4) is 11.3 Å². The molecule has 0 fully saturated rings. The number of nitrogens with one attached hydrogen (secondary N) is 1. The van der Waals surface area contributed by atoms with E-state index in [9.17, 15) is 14.0 Å². The molecule has 2 amide bonds. The number of carbonyl (C=O) groups excluding carboxylic acids is 2. The molecule has 6 nitrogen and oxygen atoms in total. The van der Waals surface area contributed by atoms with E-state index in [4.69, 9.17) is 0 Å². The molecule has 0 aliphatic rings. The normalized spacial score (nSPS) is 11.0. The minimum absolute atomic E-state index is 0.126. The van der Waals surface area contributed by atoms with Gasteiger partial charge in [-0.2, -0.15) is 0 Å². The number of thiazole rings is 2. The molecular weight excluding hydrogens is 459 g/mol. The van der Waals surface area contributed by atoms with Crippen molar-refractivity contribution in [1.29, 1.82) is 0 Å². The van der Waals surface area contributed by atoms with Gasteiger partial charge in [-0.15, -0.1) is 22.7 Å². The number of benzene rings is 2. The van der Waals surface area contributed by atoms with Crippen LogP contribution in [-0.4, -0.2) is 21.8 Å². The Balaban J connectivity index is 1.44. The zero-order valence-electron chi connectivity index (χ0n) is 17.8. The van der Waals surface area contributed by atoms with Gasteiger partial charge in [-0.3, -0.25) is 19.8 Å². The van der Waals surface area contributed by atoms with E-state index in [1.54, 1.807) is 17.5 Å². The highest BCUT2D eigenvalue weighted by Gasteiger charge is 2.20. The quantitative estimate of drug-likeness (QED) is 0.342. The predicted octanol–water partition coefficient (Wildman–Crippen LogP) is 6.05. The highest BCUT2D eigenvalue weighted by molar-refractivity contribution is 7.14. The standard InChI is InChI=1S/C24H19FN4O2S2/c1-15-7-9-17(10-8-15)20-14-32-23(27-20)28-22(31)12-11-18-13-33-24(26-18)29(16(2)30)21-6-4-3-5-19(21)25/h3-14H,1-2H3,(H,27,28,31)/b12-11+. The van der Waals surface area contributed by atoms with Crippen molar-refractivity contribution in [2.75, 3.05) is 10.2 Å². The lowest BCUT2D eigenvalue weighted by molar-refractivity contribution is -0.116. The van der Waals surface area contributed by atoms with Crippen molar-refractivity contribution in [1.82, 2.24) is 9.97 Å². The Morgan fingerprint density at radius 3 is 2.52 bits per heavy atom. The fourth-order valence-electron chi connectivity index (χ4n) is 2.99. The van der Waals surface area contributed by atoms with Crippen molar-refractivity contribution in [2.45, 2.75) is 13.8 Å². The van der Waals surface area contributed by atoms with Crippen LogP contribution in [0, 0.1) is 12.7 Å². The van der Waals surface area contributed by atoms with E-state index in [1.165, 1.54) is 58.8 Å². The number of aryl methyl sites for hydroxylation is 1. The van der Waals surface area contributed by atoms with Crippen LogP contribution in [0.4, 0.5) is 20.3 Å². The van der Waals surface area contributed by atoms with Gasteiger partial charge >= 0.3 is 0 Å². The van der Waals surface area contributed by atoms with Crippen LogP contribution in [0.2, 0.25) is 0 Å². The zero-order chi connectivity index (χ0) is 23.4. The predicted molar refractivity (Wildman–Crippen MR) is 131 cm³/mol. The van der Waals surface area contributed by atoms with Crippen molar-refractivity contribution < 1.29 is 14.0 Å². The number of carbonyl (C=O) groups is 2. The van der Waals surface area contributed by atoms with E-state index in [0.717, 1.165) is 16.8 Å². The van der Waals surface area contributed by atoms with Crippen molar-refractivity contribution in [3.05, 3.63) is 82.4 Å². The van der Waals surface area contributed by atoms with Gasteiger partial charge in [0.05, 0.1) is 17.1 Å². The fraction of sp³-hybridized carbons (Fsp3) is 0.0833. The van der Waals surface area contributed by atoms with E-state index in [1.807, 2.05) is 36.6 Å². The van der Waals surface area contributed by atoms with Crippen LogP contribution >= 0.6 is 22.7 Å². The zero-order valence-corrected chi connectivity index (χ0v) is 19.4. The summed E-state index contributed by atoms with van der Waals surface area (Å²) in [4.78, 5) is 34.5. The average Bonchev–Trinajstić information content (AvgIpc) is 3.44. The molecule has 0 aliphatic carbocycles. The molecule has 0 atom stereocenters. The summed E-state index contributed by atoms with van der Waals surface area (Å²) in [7, 11) is 0. The maximum Gasteiger partial charge on any atom is 0.250 e. The maximum atomic E-state index is 14.2. The Labute approximate surface area is 198 Å². The Morgan fingerprint density at radius 2 is 1.79 bits per heavy atom. The molecule has 0 radical (unpaired) electrons. The lowest BCUT2D eigenvalue weighted by Crippen LogP contribution is -2.23. The summed E-state index contributed by atoms with van der Waals surface area (Å²) in [6.45, 7) is 3.36. The van der Waals surface area contributed by atoms with Gasteiger partial charge in [0.1, 0.15) is 5.82 Å². The summed E-state index contributed by atoms with van der Waals surface area (Å²) in [6, 6.07) is 14.0. The van der Waals surface area contributed by atoms with Gasteiger partial charge in [-0.25, -0.2) is 14.4 Å². The molecule has 0 saturated carbocycles. The number of anilines is 3. The first-order valence-electron chi connectivity index (χ1n) is 9.93. The lowest BCUT2D eigenvalue weighted by atomic mass is 10.1. The van der Waals surface area contributed by atoms with E-state index in [0.29, 0.717) is 16.0 Å². The molecule has 1 N–H and O–H groups in total. The summed E-state index contributed by atoms with van der Waals surface area (Å²) in [6.07, 6.45) is 2.87. The third-order valence-electron chi connectivity index (χ3n) is 4.60. The van der Waals surface area contributed by atoms with Gasteiger partial charge in [0.15, 0.2) is 10.3 Å². The van der Waals surface area contributed by atoms with Crippen molar-refractivity contribution in [2.24, 2.45) is 0 Å². The lowest BCUT2D eigenvalue weighted by Gasteiger charge is -2.18. The Hall–Kier alpha value is -3.69. The highest BCUT2D eigenvalue weighted by atomic mass is 32.1. The molecule has 2 heterocycles. The molecular formula is C24H19FN4O2S2. The SMILES string of the molecule is CC(=O)N(c1nc(/C=C/C(=O)Nc2nc(-c3ccc(C)cc3)cs2)cs1)c1ccccc1F. The van der Waals surface area contributed by atoms with Crippen LogP contribution in [0.5, 0.6) is 0 Å². The number of hydrogen-bond donors (Lipinski definition) is 1. The molecule has 2 aromatic carbocycles. The van der Waals surface area contributed by atoms with E-state index in [-0.39, 0.29) is 17.5 Å². The number of nitrogens with zero attached hydrogens (tertiary/aromatic N) is 3. The highest BCUT2D eigenvalue weighted by Crippen LogP contribution is 2.31. The smallest absolute Gasteiger partial charge is 0.250 e. The van der Waals surface area contributed by atoms with Crippen LogP contribution < -0.4 is 10.2 Å². The van der Waals surface area contributed by atoms with Gasteiger partial charge < -0.3 is 0 Å². The summed E-state index contributed by atoms with van der Waals surface area (Å²) < 4.78 is 14.2. The molecule has 0 aliphatic heterocycles. The Morgan fingerprint density at radius 1 is 1.03 bits per heavy atom. The van der Waals surface area contributed by atoms with Crippen LogP contribution in [0.1, 0.15) is 18.2 Å². The van der Waals surface area contributed by atoms with Crippen LogP contribution in [0.15, 0.2) is 65.4 Å². The minimum atomic E-state index is -0.521. The molecule has 0 bridgehead atoms. The first-order chi connectivity index (χ1) is 15.9. The summed E-state index contributed by atoms with van der Waals surface area (Å²) >= 11 is 2.52. The molecule has 0 saturated heterocycles. The van der Waals surface area contributed by atoms with Gasteiger partial charge in [0.25, 0.3) is 0 Å². The maximum absolute atomic E-state index is 14.2. The van der Waals surface area contributed by atoms with Crippen molar-refractivity contribution >= 4 is 56.5 Å². The Bertz CT molecular complexity index is 1330. The molecule has 4 rings (SSSR count). The number of para-hydroxylation sites is 1. The van der Waals surface area contributed by atoms with Gasteiger partial charge in [-0.1, -0.05) is 42.0 Å². The van der Waals surface area contributed by atoms with Crippen LogP contribution in [0.25, 0.3) is 17.3 Å². The third-order valence-corrected chi connectivity index (χ3v) is 6.20. The van der Waals surface area contributed by atoms with Gasteiger partial charge in [0, 0.05) is 29.3 Å². The minimum Gasteiger partial charge on any atom is -0.298 e. The molecule has 9 heteroatoms. The molecule has 4 aromatic rings. The summed E-state index contributed by atoms with van der Waals surface area (Å²) in [5.41, 5.74) is 3.54. The number of hydrogen-bond acceptors (Lipinski definition) is 6. The van der Waals surface area contributed by atoms with Crippen LogP contribution in [-0.2, 0) is 9.59 Å².